The number of piperidine rings is 1. The molecule has 1 aromatic heterocycles. The number of rotatable bonds is 2. The smallest absolute Gasteiger partial charge is 0.320 e. The van der Waals surface area contributed by atoms with Gasteiger partial charge in [0, 0.05) is 39.6 Å². The molecule has 1 aromatic rings. The van der Waals surface area contributed by atoms with Gasteiger partial charge in [-0.1, -0.05) is 0 Å². The van der Waals surface area contributed by atoms with E-state index < -0.39 is 0 Å². The Balaban J connectivity index is 1.55. The maximum Gasteiger partial charge on any atom is 0.320 e. The topological polar surface area (TPSA) is 74.6 Å². The third kappa shape index (κ3) is 2.98. The van der Waals surface area contributed by atoms with Gasteiger partial charge in [0.15, 0.2) is 11.6 Å². The van der Waals surface area contributed by atoms with E-state index >= 15 is 0 Å². The summed E-state index contributed by atoms with van der Waals surface area (Å²) in [5.74, 6) is 2.22. The minimum atomic E-state index is -0.0180. The van der Waals surface area contributed by atoms with Crippen molar-refractivity contribution in [1.29, 1.82) is 0 Å². The van der Waals surface area contributed by atoms with Gasteiger partial charge in [0.25, 0.3) is 0 Å². The van der Waals surface area contributed by atoms with Crippen LogP contribution in [-0.2, 0) is 17.9 Å². The second kappa shape index (κ2) is 6.31. The summed E-state index contributed by atoms with van der Waals surface area (Å²) in [5.41, 5.74) is 0. The molecule has 8 nitrogen and oxygen atoms in total. The number of amides is 3. The summed E-state index contributed by atoms with van der Waals surface area (Å²) in [7, 11) is 3.57. The SMILES string of the molecule is CN(C)C(=O)N1CCCCC1c1nnc2n1CCN(C(=O)C1CC1)C2. The summed E-state index contributed by atoms with van der Waals surface area (Å²) in [4.78, 5) is 30.3. The van der Waals surface area contributed by atoms with Gasteiger partial charge in [0.2, 0.25) is 5.91 Å². The van der Waals surface area contributed by atoms with Gasteiger partial charge in [0.05, 0.1) is 12.6 Å². The molecule has 0 aromatic carbocycles. The molecule has 1 aliphatic carbocycles. The molecule has 136 valence electrons. The fourth-order valence-corrected chi connectivity index (χ4v) is 3.89. The van der Waals surface area contributed by atoms with Crippen LogP contribution in [0.4, 0.5) is 4.79 Å². The van der Waals surface area contributed by atoms with Crippen molar-refractivity contribution in [3.05, 3.63) is 11.6 Å². The van der Waals surface area contributed by atoms with E-state index in [0.717, 1.165) is 56.8 Å². The van der Waals surface area contributed by atoms with Crippen LogP contribution in [0.1, 0.15) is 49.8 Å². The minimum absolute atomic E-state index is 0.0180. The Bertz CT molecular complexity index is 681. The lowest BCUT2D eigenvalue weighted by Crippen LogP contribution is -2.45. The second-order valence-corrected chi connectivity index (χ2v) is 7.54. The van der Waals surface area contributed by atoms with Crippen molar-refractivity contribution in [3.8, 4) is 0 Å². The average molecular weight is 346 g/mol. The van der Waals surface area contributed by atoms with Crippen LogP contribution in [-0.4, -0.2) is 68.6 Å². The fraction of sp³-hybridized carbons (Fsp3) is 0.765. The first-order chi connectivity index (χ1) is 12.1. The summed E-state index contributed by atoms with van der Waals surface area (Å²) in [6.07, 6.45) is 5.09. The largest absolute Gasteiger partial charge is 0.333 e. The fourth-order valence-electron chi connectivity index (χ4n) is 3.89. The lowest BCUT2D eigenvalue weighted by molar-refractivity contribution is -0.134. The number of urea groups is 1. The molecule has 0 N–H and O–H groups in total. The highest BCUT2D eigenvalue weighted by Crippen LogP contribution is 2.34. The van der Waals surface area contributed by atoms with E-state index in [4.69, 9.17) is 0 Å². The Labute approximate surface area is 147 Å². The first-order valence-electron chi connectivity index (χ1n) is 9.25. The Kier molecular flexibility index (Phi) is 4.13. The molecule has 25 heavy (non-hydrogen) atoms. The molecule has 3 amide bonds. The Hall–Kier alpha value is -2.12. The summed E-state index contributed by atoms with van der Waals surface area (Å²) >= 11 is 0. The minimum Gasteiger partial charge on any atom is -0.333 e. The first-order valence-corrected chi connectivity index (χ1v) is 9.25. The molecule has 0 spiro atoms. The molecule has 2 aliphatic heterocycles. The average Bonchev–Trinajstić information content (AvgIpc) is 3.39. The molecule has 3 heterocycles. The van der Waals surface area contributed by atoms with E-state index in [2.05, 4.69) is 14.8 Å². The predicted octanol–water partition coefficient (Wildman–Crippen LogP) is 1.24. The number of nitrogens with zero attached hydrogens (tertiary/aromatic N) is 6. The Morgan fingerprint density at radius 1 is 1.04 bits per heavy atom. The van der Waals surface area contributed by atoms with Gasteiger partial charge in [-0.15, -0.1) is 10.2 Å². The quantitative estimate of drug-likeness (QED) is 0.807. The Morgan fingerprint density at radius 3 is 2.56 bits per heavy atom. The lowest BCUT2D eigenvalue weighted by atomic mass is 10.0. The highest BCUT2D eigenvalue weighted by atomic mass is 16.2. The van der Waals surface area contributed by atoms with Crippen LogP contribution in [0.15, 0.2) is 0 Å². The standard InChI is InChI=1S/C17H26N6O2/c1-20(2)17(25)22-8-4-3-5-13(22)15-19-18-14-11-21(9-10-23(14)15)16(24)12-6-7-12/h12-13H,3-11H2,1-2H3. The molecule has 0 radical (unpaired) electrons. The number of aromatic nitrogens is 3. The number of carbonyl (C=O) groups excluding carboxylic acids is 2. The van der Waals surface area contributed by atoms with Crippen molar-refractivity contribution >= 4 is 11.9 Å². The molecule has 3 aliphatic rings. The maximum absolute atomic E-state index is 12.5. The van der Waals surface area contributed by atoms with Gasteiger partial charge < -0.3 is 19.3 Å². The highest BCUT2D eigenvalue weighted by Gasteiger charge is 2.37. The van der Waals surface area contributed by atoms with Crippen molar-refractivity contribution in [2.45, 2.75) is 51.2 Å². The molecular formula is C17H26N6O2. The lowest BCUT2D eigenvalue weighted by Gasteiger charge is -2.37. The normalized spacial score (nSPS) is 23.4. The molecule has 1 atom stereocenters. The molecule has 1 saturated heterocycles. The van der Waals surface area contributed by atoms with E-state index in [1.807, 2.05) is 9.80 Å². The molecule has 1 unspecified atom stereocenters. The van der Waals surface area contributed by atoms with Crippen molar-refractivity contribution in [1.82, 2.24) is 29.5 Å². The molecule has 4 rings (SSSR count). The van der Waals surface area contributed by atoms with Crippen molar-refractivity contribution in [2.75, 3.05) is 27.2 Å². The van der Waals surface area contributed by atoms with Gasteiger partial charge in [-0.2, -0.15) is 0 Å². The van der Waals surface area contributed by atoms with Gasteiger partial charge in [0.1, 0.15) is 0 Å². The second-order valence-electron chi connectivity index (χ2n) is 7.54. The maximum atomic E-state index is 12.5. The van der Waals surface area contributed by atoms with Crippen LogP contribution in [0.25, 0.3) is 0 Å². The zero-order chi connectivity index (χ0) is 17.6. The zero-order valence-electron chi connectivity index (χ0n) is 15.0. The molecule has 2 fully saturated rings. The van der Waals surface area contributed by atoms with E-state index in [1.54, 1.807) is 19.0 Å². The van der Waals surface area contributed by atoms with E-state index in [1.165, 1.54) is 0 Å². The van der Waals surface area contributed by atoms with Crippen LogP contribution in [0.5, 0.6) is 0 Å². The van der Waals surface area contributed by atoms with Gasteiger partial charge in [-0.05, 0) is 32.1 Å². The zero-order valence-corrected chi connectivity index (χ0v) is 15.0. The summed E-state index contributed by atoms with van der Waals surface area (Å²) in [6.45, 7) is 2.73. The summed E-state index contributed by atoms with van der Waals surface area (Å²) in [6, 6.07) is 0.0129. The number of hydrogen-bond donors (Lipinski definition) is 0. The van der Waals surface area contributed by atoms with Crippen LogP contribution in [0.3, 0.4) is 0 Å². The number of hydrogen-bond acceptors (Lipinski definition) is 4. The predicted molar refractivity (Wildman–Crippen MR) is 90.5 cm³/mol. The monoisotopic (exact) mass is 346 g/mol. The van der Waals surface area contributed by atoms with E-state index in [-0.39, 0.29) is 23.9 Å². The molecule has 1 saturated carbocycles. The van der Waals surface area contributed by atoms with Gasteiger partial charge in [-0.3, -0.25) is 4.79 Å². The summed E-state index contributed by atoms with van der Waals surface area (Å²) in [5, 5.41) is 8.78. The third-order valence-electron chi connectivity index (χ3n) is 5.45. The van der Waals surface area contributed by atoms with Crippen LogP contribution in [0.2, 0.25) is 0 Å². The van der Waals surface area contributed by atoms with Crippen molar-refractivity contribution in [2.24, 2.45) is 5.92 Å². The van der Waals surface area contributed by atoms with Gasteiger partial charge >= 0.3 is 6.03 Å². The Morgan fingerprint density at radius 2 is 1.84 bits per heavy atom. The van der Waals surface area contributed by atoms with E-state index in [0.29, 0.717) is 13.1 Å². The molecule has 0 bridgehead atoms. The molecule has 8 heteroatoms. The highest BCUT2D eigenvalue weighted by molar-refractivity contribution is 5.81. The summed E-state index contributed by atoms with van der Waals surface area (Å²) < 4.78 is 2.13. The van der Waals surface area contributed by atoms with Crippen LogP contribution < -0.4 is 0 Å². The number of fused-ring (bicyclic) bond motifs is 1. The molecular weight excluding hydrogens is 320 g/mol. The van der Waals surface area contributed by atoms with Crippen LogP contribution in [0, 0.1) is 5.92 Å². The number of carbonyl (C=O) groups is 2. The van der Waals surface area contributed by atoms with Crippen molar-refractivity contribution < 1.29 is 9.59 Å². The van der Waals surface area contributed by atoms with Crippen molar-refractivity contribution in [3.63, 3.8) is 0 Å². The number of likely N-dealkylation sites (tertiary alicyclic amines) is 1. The van der Waals surface area contributed by atoms with E-state index in [9.17, 15) is 9.59 Å². The van der Waals surface area contributed by atoms with Gasteiger partial charge in [-0.25, -0.2) is 4.79 Å². The van der Waals surface area contributed by atoms with Crippen LogP contribution >= 0.6 is 0 Å². The third-order valence-corrected chi connectivity index (χ3v) is 5.45. The first kappa shape index (κ1) is 16.4.